The van der Waals surface area contributed by atoms with E-state index in [-0.39, 0.29) is 72.6 Å². The van der Waals surface area contributed by atoms with E-state index in [0.717, 1.165) is 66.0 Å². The SMILES string of the molecule is O=C1OCC/C1=C\[C@H](C[C@@H]1CCNC1=O)NC(=O)[C@@H](Cc1ccccc1)n1ccc2cc(-c3cccc4ccccc34)[nH]c2c1=O.O=C1OCC/C1=C\[C@H](C[C@@H]1CCNC1=O)NC(=O)[C@H](Cc1ccccc1)n1ccc2cc(-c3cccc4ccccc34)[nH]c2c1=O. The second-order valence-electron chi connectivity index (χ2n) is 24.0. The number of carbonyl (C=O) groups excluding carboxylic acids is 6. The summed E-state index contributed by atoms with van der Waals surface area (Å²) < 4.78 is 13.2. The van der Waals surface area contributed by atoms with Gasteiger partial charge in [-0.25, -0.2) is 9.59 Å². The lowest BCUT2D eigenvalue weighted by atomic mass is 9.95. The zero-order chi connectivity index (χ0) is 63.2. The number of cyclic esters (lactones) is 2. The number of rotatable bonds is 18. The van der Waals surface area contributed by atoms with Crippen LogP contribution >= 0.6 is 0 Å². The van der Waals surface area contributed by atoms with E-state index < -0.39 is 36.1 Å². The fourth-order valence-corrected chi connectivity index (χ4v) is 13.2. The third-order valence-electron chi connectivity index (χ3n) is 18.0. The first-order valence-corrected chi connectivity index (χ1v) is 31.3. The molecule has 6 N–H and O–H groups in total. The highest BCUT2D eigenvalue weighted by atomic mass is 16.5. The number of H-pyrrole nitrogens is 2. The largest absolute Gasteiger partial charge is 0.462 e. The van der Waals surface area contributed by atoms with E-state index in [1.807, 2.05) is 133 Å². The molecule has 4 aliphatic heterocycles. The standard InChI is InChI=1S/2C37H34N4O5/c2*42-34-26(13-16-38-34)20-28(21-27-15-18-46-37(27)45)39-35(43)32(19-23-7-2-1-3-8-23)41-17-14-25-22-31(40-33(25)36(41)44)30-12-6-10-24-9-4-5-11-29(24)30/h2*1-12,14,17,21-22,26,28,32,40H,13,15-16,18-20H2,(H,38,42)(H,39,43)/b2*27-21+/t26-,28-,32+;26-,28-,32-/m00/s1. The van der Waals surface area contributed by atoms with Crippen LogP contribution < -0.4 is 32.4 Å². The molecule has 4 amide bonds. The van der Waals surface area contributed by atoms with Gasteiger partial charge in [0.2, 0.25) is 23.6 Å². The van der Waals surface area contributed by atoms with E-state index in [1.165, 1.54) is 9.13 Å². The normalized spacial score (nSPS) is 18.5. The van der Waals surface area contributed by atoms with Crippen LogP contribution in [0.4, 0.5) is 0 Å². The zero-order valence-corrected chi connectivity index (χ0v) is 50.4. The molecule has 0 bridgehead atoms. The van der Waals surface area contributed by atoms with Crippen molar-refractivity contribution in [3.63, 3.8) is 0 Å². The Morgan fingerprint density at radius 3 is 1.28 bits per heavy atom. The van der Waals surface area contributed by atoms with Gasteiger partial charge in [0.15, 0.2) is 0 Å². The predicted molar refractivity (Wildman–Crippen MR) is 352 cm³/mol. The van der Waals surface area contributed by atoms with Gasteiger partial charge in [0, 0.05) is 120 Å². The molecular formula is C74H68N8O10. The van der Waals surface area contributed by atoms with E-state index in [4.69, 9.17) is 9.47 Å². The van der Waals surface area contributed by atoms with Crippen molar-refractivity contribution < 1.29 is 38.2 Å². The smallest absolute Gasteiger partial charge is 0.333 e. The van der Waals surface area contributed by atoms with Crippen LogP contribution in [0.15, 0.2) is 215 Å². The fourth-order valence-electron chi connectivity index (χ4n) is 13.2. The van der Waals surface area contributed by atoms with Gasteiger partial charge in [-0.3, -0.25) is 28.8 Å². The highest BCUT2D eigenvalue weighted by molar-refractivity contribution is 6.00. The molecule has 0 saturated carbocycles. The summed E-state index contributed by atoms with van der Waals surface area (Å²) in [6.07, 6.45) is 10.2. The summed E-state index contributed by atoms with van der Waals surface area (Å²) in [7, 11) is 0. The van der Waals surface area contributed by atoms with Gasteiger partial charge in [-0.1, -0.05) is 158 Å². The molecule has 4 saturated heterocycles. The third kappa shape index (κ3) is 12.9. The lowest BCUT2D eigenvalue weighted by Gasteiger charge is -2.24. The monoisotopic (exact) mass is 1230 g/mol. The van der Waals surface area contributed by atoms with Crippen LogP contribution in [0.5, 0.6) is 0 Å². The van der Waals surface area contributed by atoms with Crippen molar-refractivity contribution in [3.8, 4) is 22.5 Å². The lowest BCUT2D eigenvalue weighted by Crippen LogP contribution is -2.43. The van der Waals surface area contributed by atoms with Crippen molar-refractivity contribution in [2.45, 2.75) is 75.5 Å². The van der Waals surface area contributed by atoms with Crippen LogP contribution in [0.2, 0.25) is 0 Å². The molecule has 14 rings (SSSR count). The second kappa shape index (κ2) is 26.7. The Kier molecular flexibility index (Phi) is 17.4. The summed E-state index contributed by atoms with van der Waals surface area (Å²) in [5.41, 5.74) is 6.53. The molecule has 8 heterocycles. The minimum Gasteiger partial charge on any atom is -0.462 e. The van der Waals surface area contributed by atoms with Gasteiger partial charge in [-0.05, 0) is 82.6 Å². The number of ether oxygens (including phenoxy) is 2. The number of esters is 2. The molecule has 6 atom stereocenters. The minimum atomic E-state index is -0.891. The van der Waals surface area contributed by atoms with Crippen molar-refractivity contribution in [1.29, 1.82) is 0 Å². The van der Waals surface area contributed by atoms with E-state index in [2.05, 4.69) is 67.6 Å². The van der Waals surface area contributed by atoms with Crippen LogP contribution in [0.1, 0.15) is 61.7 Å². The highest BCUT2D eigenvalue weighted by Crippen LogP contribution is 2.33. The van der Waals surface area contributed by atoms with Gasteiger partial charge in [-0.15, -0.1) is 0 Å². The first-order valence-electron chi connectivity index (χ1n) is 31.3. The third-order valence-corrected chi connectivity index (χ3v) is 18.0. The fraction of sp³-hybridized carbons (Fsp3) is 0.243. The molecule has 464 valence electrons. The first-order chi connectivity index (χ1) is 44.9. The van der Waals surface area contributed by atoms with Crippen molar-refractivity contribution >= 4 is 78.9 Å². The summed E-state index contributed by atoms with van der Waals surface area (Å²) in [6, 6.07) is 52.1. The molecule has 6 aromatic carbocycles. The summed E-state index contributed by atoms with van der Waals surface area (Å²) in [4.78, 5) is 113. The number of pyridine rings is 2. The molecule has 4 fully saturated rings. The number of carbonyl (C=O) groups is 6. The minimum absolute atomic E-state index is 0.0668. The van der Waals surface area contributed by atoms with Crippen LogP contribution in [0, 0.1) is 11.8 Å². The quantitative estimate of drug-likeness (QED) is 0.0351. The van der Waals surface area contributed by atoms with E-state index in [1.54, 1.807) is 24.5 Å². The van der Waals surface area contributed by atoms with Gasteiger partial charge in [-0.2, -0.15) is 0 Å². The first kappa shape index (κ1) is 60.1. The molecule has 4 aromatic heterocycles. The number of aromatic amines is 2. The maximum atomic E-state index is 14.2. The van der Waals surface area contributed by atoms with E-state index in [0.29, 0.717) is 73.8 Å². The average Bonchev–Trinajstić information content (AvgIpc) is 1.68. The Hall–Kier alpha value is -10.9. The summed E-state index contributed by atoms with van der Waals surface area (Å²) in [6.45, 7) is 1.73. The zero-order valence-electron chi connectivity index (χ0n) is 50.4. The molecule has 0 unspecified atom stereocenters. The molecule has 92 heavy (non-hydrogen) atoms. The van der Waals surface area contributed by atoms with Gasteiger partial charge in [0.1, 0.15) is 23.1 Å². The van der Waals surface area contributed by atoms with Crippen LogP contribution in [-0.4, -0.2) is 93.1 Å². The Bertz CT molecular complexity index is 4370. The van der Waals surface area contributed by atoms with Crippen molar-refractivity contribution in [2.24, 2.45) is 11.8 Å². The molecule has 0 radical (unpaired) electrons. The van der Waals surface area contributed by atoms with E-state index >= 15 is 0 Å². The molecule has 18 heteroatoms. The number of amides is 4. The lowest BCUT2D eigenvalue weighted by molar-refractivity contribution is -0.136. The summed E-state index contributed by atoms with van der Waals surface area (Å²) >= 11 is 0. The Morgan fingerprint density at radius 2 is 0.891 bits per heavy atom. The molecule has 18 nitrogen and oxygen atoms in total. The number of hydrogen-bond donors (Lipinski definition) is 6. The summed E-state index contributed by atoms with van der Waals surface area (Å²) in [5, 5.41) is 17.7. The Balaban J connectivity index is 0.000000168. The van der Waals surface area contributed by atoms with Gasteiger partial charge < -0.3 is 49.8 Å². The van der Waals surface area contributed by atoms with Gasteiger partial charge in [0.05, 0.1) is 13.2 Å². The maximum absolute atomic E-state index is 14.2. The number of aromatic nitrogens is 4. The van der Waals surface area contributed by atoms with Crippen molar-refractivity contribution in [2.75, 3.05) is 26.3 Å². The van der Waals surface area contributed by atoms with E-state index in [9.17, 15) is 38.4 Å². The molecular weight excluding hydrogens is 1160 g/mol. The van der Waals surface area contributed by atoms with Gasteiger partial charge >= 0.3 is 11.9 Å². The average molecular weight is 1230 g/mol. The molecule has 10 aromatic rings. The number of hydrogen-bond acceptors (Lipinski definition) is 10. The number of benzene rings is 6. The highest BCUT2D eigenvalue weighted by Gasteiger charge is 2.34. The Labute approximate surface area is 528 Å². The van der Waals surface area contributed by atoms with Gasteiger partial charge in [0.25, 0.3) is 11.1 Å². The van der Waals surface area contributed by atoms with Crippen molar-refractivity contribution in [1.82, 2.24) is 40.4 Å². The second-order valence-corrected chi connectivity index (χ2v) is 24.0. The molecule has 0 aliphatic carbocycles. The number of nitrogens with one attached hydrogen (secondary N) is 6. The van der Waals surface area contributed by atoms with Crippen LogP contribution in [0.25, 0.3) is 65.9 Å². The maximum Gasteiger partial charge on any atom is 0.333 e. The number of nitrogens with zero attached hydrogens (tertiary/aromatic N) is 2. The van der Waals surface area contributed by atoms with Crippen LogP contribution in [-0.2, 0) is 51.1 Å². The Morgan fingerprint density at radius 1 is 0.489 bits per heavy atom. The molecule has 4 aliphatic rings. The number of fused-ring (bicyclic) bond motifs is 4. The summed E-state index contributed by atoms with van der Waals surface area (Å²) in [5.74, 6) is -2.30. The van der Waals surface area contributed by atoms with Crippen molar-refractivity contribution in [3.05, 3.63) is 237 Å². The predicted octanol–water partition coefficient (Wildman–Crippen LogP) is 9.64. The van der Waals surface area contributed by atoms with Crippen LogP contribution in [0.3, 0.4) is 0 Å². The topological polar surface area (TPSA) is 245 Å². The molecule has 0 spiro atoms.